The van der Waals surface area contributed by atoms with E-state index in [2.05, 4.69) is 89.7 Å². The maximum atomic E-state index is 2.37. The van der Waals surface area contributed by atoms with Crippen LogP contribution in [0.5, 0.6) is 0 Å². The topological polar surface area (TPSA) is 0 Å². The van der Waals surface area contributed by atoms with E-state index in [1.807, 2.05) is 0 Å². The summed E-state index contributed by atoms with van der Waals surface area (Å²) < 4.78 is 3.34. The molecule has 0 aliphatic carbocycles. The summed E-state index contributed by atoms with van der Waals surface area (Å²) in [5.41, 5.74) is 8.73. The molecular weight excluding hydrogens is 357 g/mol. The van der Waals surface area contributed by atoms with Gasteiger partial charge in [0, 0.05) is 0 Å². The van der Waals surface area contributed by atoms with Crippen molar-refractivity contribution >= 4 is 32.1 Å². The molecule has 0 spiro atoms. The molecule has 0 amide bonds. The van der Waals surface area contributed by atoms with Gasteiger partial charge in [-0.05, 0) is 0 Å². The molecule has 0 aliphatic rings. The summed E-state index contributed by atoms with van der Waals surface area (Å²) >= 11 is -1.63. The van der Waals surface area contributed by atoms with Gasteiger partial charge in [0.2, 0.25) is 0 Å². The Morgan fingerprint density at radius 3 is 1.22 bits per heavy atom. The van der Waals surface area contributed by atoms with Crippen LogP contribution in [0.2, 0.25) is 0 Å². The van der Waals surface area contributed by atoms with Gasteiger partial charge in [0.05, 0.1) is 0 Å². The number of hydrogen-bond donors (Lipinski definition) is 0. The number of benzene rings is 2. The molecule has 0 saturated carbocycles. The van der Waals surface area contributed by atoms with Crippen LogP contribution in [0.15, 0.2) is 24.3 Å². The third-order valence-corrected chi connectivity index (χ3v) is 16.7. The summed E-state index contributed by atoms with van der Waals surface area (Å²) in [6.45, 7) is 18.3. The van der Waals surface area contributed by atoms with E-state index in [0.717, 1.165) is 0 Å². The Hall–Kier alpha value is -0.667. The average molecular weight is 386 g/mol. The van der Waals surface area contributed by atoms with Crippen molar-refractivity contribution in [3.63, 3.8) is 0 Å². The fraction of sp³-hybridized carbons (Fsp3) is 0.429. The van der Waals surface area contributed by atoms with E-state index in [1.165, 1.54) is 33.4 Å². The Morgan fingerprint density at radius 2 is 0.957 bits per heavy atom. The van der Waals surface area contributed by atoms with Crippen molar-refractivity contribution in [1.82, 2.24) is 0 Å². The zero-order chi connectivity index (χ0) is 17.3. The summed E-state index contributed by atoms with van der Waals surface area (Å²) in [5, 5.41) is 0.671. The van der Waals surface area contributed by atoms with Crippen molar-refractivity contribution in [3.8, 4) is 0 Å². The monoisotopic (exact) mass is 387 g/mol. The molecule has 0 fully saturated rings. The van der Waals surface area contributed by atoms with Crippen LogP contribution in [0.1, 0.15) is 47.2 Å². The molecule has 0 aliphatic heterocycles. The second kappa shape index (κ2) is 7.48. The minimum absolute atomic E-state index is 0.671. The van der Waals surface area contributed by atoms with Crippen LogP contribution in [0.3, 0.4) is 0 Å². The van der Waals surface area contributed by atoms with Crippen LogP contribution in [0.4, 0.5) is 0 Å². The van der Waals surface area contributed by atoms with Crippen LogP contribution in [-0.4, -0.2) is 18.5 Å². The molecule has 2 aromatic rings. The van der Waals surface area contributed by atoms with Crippen molar-refractivity contribution < 1.29 is 0 Å². The van der Waals surface area contributed by atoms with E-state index in [-0.39, 0.29) is 0 Å². The van der Waals surface area contributed by atoms with Gasteiger partial charge < -0.3 is 0 Å². The summed E-state index contributed by atoms with van der Waals surface area (Å²) in [4.78, 5) is 0. The van der Waals surface area contributed by atoms with Gasteiger partial charge in [-0.15, -0.1) is 0 Å². The standard InChI is InChI=1S/C21H29GeS/c1-13(2)23-22(20-16(5)9-14(3)10-17(20)6)21-18(7)11-15(4)12-19(21)8/h9-13H,1-8H3. The molecule has 0 unspecified atom stereocenters. The molecule has 23 heavy (non-hydrogen) atoms. The Kier molecular flexibility index (Phi) is 6.07. The van der Waals surface area contributed by atoms with Crippen molar-refractivity contribution in [2.75, 3.05) is 0 Å². The van der Waals surface area contributed by atoms with Crippen molar-refractivity contribution in [2.24, 2.45) is 0 Å². The van der Waals surface area contributed by atoms with Gasteiger partial charge in [-0.1, -0.05) is 0 Å². The first-order chi connectivity index (χ1) is 10.7. The molecule has 2 aromatic carbocycles. The van der Waals surface area contributed by atoms with E-state index in [1.54, 1.807) is 8.79 Å². The third kappa shape index (κ3) is 4.25. The zero-order valence-electron chi connectivity index (χ0n) is 15.8. The van der Waals surface area contributed by atoms with Gasteiger partial charge in [0.1, 0.15) is 0 Å². The predicted molar refractivity (Wildman–Crippen MR) is 109 cm³/mol. The molecule has 0 heterocycles. The van der Waals surface area contributed by atoms with Crippen LogP contribution < -0.4 is 8.79 Å². The van der Waals surface area contributed by atoms with E-state index in [4.69, 9.17) is 0 Å². The summed E-state index contributed by atoms with van der Waals surface area (Å²) in [6.07, 6.45) is 0. The first-order valence-electron chi connectivity index (χ1n) is 8.40. The average Bonchev–Trinajstić information content (AvgIpc) is 2.34. The first kappa shape index (κ1) is 18.7. The van der Waals surface area contributed by atoms with E-state index in [0.29, 0.717) is 5.25 Å². The Balaban J connectivity index is 2.69. The Morgan fingerprint density at radius 1 is 0.652 bits per heavy atom. The number of aryl methyl sites for hydroxylation is 6. The van der Waals surface area contributed by atoms with E-state index < -0.39 is 13.2 Å². The summed E-state index contributed by atoms with van der Waals surface area (Å²) in [7, 11) is 2.24. The fourth-order valence-corrected chi connectivity index (χ4v) is 16.2. The van der Waals surface area contributed by atoms with Crippen LogP contribution in [-0.2, 0) is 0 Å². The third-order valence-electron chi connectivity index (χ3n) is 4.16. The summed E-state index contributed by atoms with van der Waals surface area (Å²) in [6, 6.07) is 9.48. The molecule has 2 heteroatoms. The van der Waals surface area contributed by atoms with Crippen molar-refractivity contribution in [2.45, 2.75) is 60.6 Å². The number of rotatable bonds is 4. The van der Waals surface area contributed by atoms with E-state index in [9.17, 15) is 0 Å². The van der Waals surface area contributed by atoms with E-state index >= 15 is 0 Å². The molecule has 0 saturated heterocycles. The first-order valence-corrected chi connectivity index (χ1v) is 14.0. The predicted octanol–water partition coefficient (Wildman–Crippen LogP) is 4.78. The summed E-state index contributed by atoms with van der Waals surface area (Å²) in [5.74, 6) is 0. The second-order valence-corrected chi connectivity index (χ2v) is 15.3. The molecular formula is C21H29GeS. The Bertz CT molecular complexity index is 612. The molecule has 0 nitrogen and oxygen atoms in total. The molecule has 0 aromatic heterocycles. The van der Waals surface area contributed by atoms with Crippen molar-refractivity contribution in [1.29, 1.82) is 0 Å². The van der Waals surface area contributed by atoms with Crippen LogP contribution >= 0.6 is 10.1 Å². The quantitative estimate of drug-likeness (QED) is 0.682. The molecule has 2 rings (SSSR count). The molecule has 123 valence electrons. The van der Waals surface area contributed by atoms with Gasteiger partial charge in [-0.3, -0.25) is 0 Å². The zero-order valence-corrected chi connectivity index (χ0v) is 18.7. The van der Waals surface area contributed by atoms with Gasteiger partial charge >= 0.3 is 150 Å². The van der Waals surface area contributed by atoms with Gasteiger partial charge in [-0.2, -0.15) is 0 Å². The fourth-order valence-electron chi connectivity index (χ4n) is 3.55. The van der Waals surface area contributed by atoms with Crippen LogP contribution in [0.25, 0.3) is 0 Å². The normalized spacial score (nSPS) is 11.6. The minimum atomic E-state index is -1.63. The van der Waals surface area contributed by atoms with Gasteiger partial charge in [0.25, 0.3) is 0 Å². The maximum absolute atomic E-state index is 2.37. The molecule has 0 bridgehead atoms. The van der Waals surface area contributed by atoms with Crippen molar-refractivity contribution in [3.05, 3.63) is 57.6 Å². The molecule has 1 radical (unpaired) electrons. The van der Waals surface area contributed by atoms with Gasteiger partial charge in [-0.25, -0.2) is 0 Å². The van der Waals surface area contributed by atoms with Crippen LogP contribution in [0, 0.1) is 41.5 Å². The Labute approximate surface area is 150 Å². The molecule has 0 atom stereocenters. The SMILES string of the molecule is Cc1cc(C)[c]([Ge]([S]C(C)C)[c]2c(C)cc(C)cc2C)c(C)c1. The second-order valence-electron chi connectivity index (χ2n) is 7.04. The number of hydrogen-bond acceptors (Lipinski definition) is 1. The van der Waals surface area contributed by atoms with Gasteiger partial charge in [0.15, 0.2) is 0 Å². The molecule has 0 N–H and O–H groups in total.